The van der Waals surface area contributed by atoms with E-state index in [1.807, 2.05) is 42.6 Å². The first-order valence-electron chi connectivity index (χ1n) is 8.72. The second-order valence-electron chi connectivity index (χ2n) is 6.59. The molecule has 0 spiro atoms. The number of benzene rings is 2. The topological polar surface area (TPSA) is 62.3 Å². The molecule has 1 aliphatic rings. The van der Waals surface area contributed by atoms with Gasteiger partial charge in [-0.15, -0.1) is 0 Å². The molecule has 26 heavy (non-hydrogen) atoms. The monoisotopic (exact) mass is 367 g/mol. The summed E-state index contributed by atoms with van der Waals surface area (Å²) in [7, 11) is -3.15. The molecule has 0 amide bonds. The highest BCUT2D eigenvalue weighted by atomic mass is 32.2. The molecule has 1 N–H and O–H groups in total. The molecule has 1 aliphatic heterocycles. The Labute approximate surface area is 153 Å². The molecule has 4 rings (SSSR count). The van der Waals surface area contributed by atoms with Crippen molar-refractivity contribution in [3.05, 3.63) is 65.9 Å². The lowest BCUT2D eigenvalue weighted by molar-refractivity contribution is 0.599. The molecule has 5 nitrogen and oxygen atoms in total. The highest BCUT2D eigenvalue weighted by molar-refractivity contribution is 7.93. The molecular weight excluding hydrogens is 346 g/mol. The van der Waals surface area contributed by atoms with Crippen LogP contribution in [0.3, 0.4) is 0 Å². The Balaban J connectivity index is 1.58. The number of aromatic nitrogens is 1. The predicted octanol–water partition coefficient (Wildman–Crippen LogP) is 3.70. The summed E-state index contributed by atoms with van der Waals surface area (Å²) >= 11 is 0. The van der Waals surface area contributed by atoms with Gasteiger partial charge in [-0.05, 0) is 42.7 Å². The molecule has 0 atom stereocenters. The fraction of sp³-hybridized carbons (Fsp3) is 0.250. The van der Waals surface area contributed by atoms with E-state index in [9.17, 15) is 8.42 Å². The van der Waals surface area contributed by atoms with Gasteiger partial charge in [0.2, 0.25) is 10.0 Å². The number of pyridine rings is 1. The second kappa shape index (κ2) is 6.61. The van der Waals surface area contributed by atoms with Crippen molar-refractivity contribution >= 4 is 32.3 Å². The van der Waals surface area contributed by atoms with Gasteiger partial charge in [-0.1, -0.05) is 30.3 Å². The van der Waals surface area contributed by atoms with Crippen LogP contribution in [-0.4, -0.2) is 25.7 Å². The largest absolute Gasteiger partial charge is 0.380 e. The number of rotatable bonds is 4. The fourth-order valence-electron chi connectivity index (χ4n) is 3.43. The van der Waals surface area contributed by atoms with E-state index in [0.717, 1.165) is 33.4 Å². The molecule has 0 saturated carbocycles. The first-order valence-corrected chi connectivity index (χ1v) is 10.3. The maximum Gasteiger partial charge on any atom is 0.235 e. The van der Waals surface area contributed by atoms with Gasteiger partial charge in [-0.2, -0.15) is 0 Å². The molecule has 1 fully saturated rings. The van der Waals surface area contributed by atoms with Crippen LogP contribution in [0.1, 0.15) is 17.5 Å². The minimum atomic E-state index is -3.15. The van der Waals surface area contributed by atoms with Crippen molar-refractivity contribution in [2.24, 2.45) is 0 Å². The zero-order valence-electron chi connectivity index (χ0n) is 14.6. The summed E-state index contributed by atoms with van der Waals surface area (Å²) in [6.45, 7) is 3.24. The van der Waals surface area contributed by atoms with Gasteiger partial charge in [0.15, 0.2) is 0 Å². The van der Waals surface area contributed by atoms with Crippen molar-refractivity contribution in [3.8, 4) is 0 Å². The molecule has 6 heteroatoms. The summed E-state index contributed by atoms with van der Waals surface area (Å²) in [5, 5.41) is 4.55. The number of hydrogen-bond donors (Lipinski definition) is 1. The van der Waals surface area contributed by atoms with Gasteiger partial charge in [0.25, 0.3) is 0 Å². The van der Waals surface area contributed by atoms with Crippen LogP contribution in [0.4, 0.5) is 11.4 Å². The Morgan fingerprint density at radius 2 is 2.00 bits per heavy atom. The Kier molecular flexibility index (Phi) is 4.28. The zero-order valence-corrected chi connectivity index (χ0v) is 15.5. The van der Waals surface area contributed by atoms with Gasteiger partial charge in [0.1, 0.15) is 0 Å². The molecule has 0 aliphatic carbocycles. The van der Waals surface area contributed by atoms with Crippen LogP contribution in [0, 0.1) is 6.92 Å². The van der Waals surface area contributed by atoms with Crippen LogP contribution in [0.15, 0.2) is 54.7 Å². The molecule has 0 bridgehead atoms. The van der Waals surface area contributed by atoms with Crippen LogP contribution in [0.25, 0.3) is 10.9 Å². The maximum atomic E-state index is 12.1. The summed E-state index contributed by atoms with van der Waals surface area (Å²) in [6.07, 6.45) is 2.50. The summed E-state index contributed by atoms with van der Waals surface area (Å²) in [4.78, 5) is 4.47. The Morgan fingerprint density at radius 1 is 1.15 bits per heavy atom. The lowest BCUT2D eigenvalue weighted by Gasteiger charge is -2.18. The molecule has 1 saturated heterocycles. The number of hydrogen-bond acceptors (Lipinski definition) is 4. The van der Waals surface area contributed by atoms with Crippen molar-refractivity contribution in [2.75, 3.05) is 21.9 Å². The van der Waals surface area contributed by atoms with Crippen LogP contribution >= 0.6 is 0 Å². The van der Waals surface area contributed by atoms with Gasteiger partial charge < -0.3 is 5.32 Å². The lowest BCUT2D eigenvalue weighted by atomic mass is 10.1. The number of fused-ring (bicyclic) bond motifs is 1. The summed E-state index contributed by atoms with van der Waals surface area (Å²) in [5.74, 6) is 0.234. The normalized spacial score (nSPS) is 16.1. The number of anilines is 2. The van der Waals surface area contributed by atoms with Crippen molar-refractivity contribution in [3.63, 3.8) is 0 Å². The second-order valence-corrected chi connectivity index (χ2v) is 8.61. The number of nitrogens with one attached hydrogen (secondary N) is 1. The fourth-order valence-corrected chi connectivity index (χ4v) is 4.98. The third-order valence-corrected chi connectivity index (χ3v) is 6.62. The predicted molar refractivity (Wildman–Crippen MR) is 106 cm³/mol. The quantitative estimate of drug-likeness (QED) is 0.764. The van der Waals surface area contributed by atoms with Crippen molar-refractivity contribution in [1.29, 1.82) is 0 Å². The van der Waals surface area contributed by atoms with E-state index in [1.165, 1.54) is 4.31 Å². The van der Waals surface area contributed by atoms with Gasteiger partial charge in [-0.3, -0.25) is 9.29 Å². The van der Waals surface area contributed by atoms with Crippen molar-refractivity contribution < 1.29 is 8.42 Å². The van der Waals surface area contributed by atoms with E-state index >= 15 is 0 Å². The SMILES string of the molecule is Cc1cccc2c(NCc3cccc(N4CCCS4(=O)=O)c3)ccnc12. The van der Waals surface area contributed by atoms with Crippen molar-refractivity contribution in [2.45, 2.75) is 19.9 Å². The highest BCUT2D eigenvalue weighted by Crippen LogP contribution is 2.27. The maximum absolute atomic E-state index is 12.1. The van der Waals surface area contributed by atoms with Crippen LogP contribution < -0.4 is 9.62 Å². The van der Waals surface area contributed by atoms with Gasteiger partial charge in [0, 0.05) is 30.4 Å². The van der Waals surface area contributed by atoms with Gasteiger partial charge in [-0.25, -0.2) is 8.42 Å². The molecular formula is C20H21N3O2S. The first-order chi connectivity index (χ1) is 12.5. The minimum Gasteiger partial charge on any atom is -0.380 e. The first kappa shape index (κ1) is 16.8. The van der Waals surface area contributed by atoms with Crippen LogP contribution in [-0.2, 0) is 16.6 Å². The minimum absolute atomic E-state index is 0.234. The average Bonchev–Trinajstić information content (AvgIpc) is 3.00. The number of para-hydroxylation sites is 1. The number of nitrogens with zero attached hydrogens (tertiary/aromatic N) is 2. The summed E-state index contributed by atoms with van der Waals surface area (Å²) in [6, 6.07) is 15.8. The highest BCUT2D eigenvalue weighted by Gasteiger charge is 2.28. The zero-order chi connectivity index (χ0) is 18.1. The third kappa shape index (κ3) is 3.12. The Hall–Kier alpha value is -2.60. The van der Waals surface area contributed by atoms with Crippen molar-refractivity contribution in [1.82, 2.24) is 4.98 Å². The van der Waals surface area contributed by atoms with Gasteiger partial charge >= 0.3 is 0 Å². The number of sulfonamides is 1. The number of aryl methyl sites for hydroxylation is 1. The third-order valence-electron chi connectivity index (χ3n) is 4.75. The van der Waals surface area contributed by atoms with Gasteiger partial charge in [0.05, 0.1) is 17.0 Å². The molecule has 2 aromatic carbocycles. The molecule has 0 radical (unpaired) electrons. The van der Waals surface area contributed by atoms with E-state index in [-0.39, 0.29) is 5.75 Å². The van der Waals surface area contributed by atoms with E-state index in [1.54, 1.807) is 0 Å². The summed E-state index contributed by atoms with van der Waals surface area (Å²) in [5.41, 5.74) is 4.96. The van der Waals surface area contributed by atoms with E-state index in [0.29, 0.717) is 19.5 Å². The Morgan fingerprint density at radius 3 is 2.81 bits per heavy atom. The van der Waals surface area contributed by atoms with Crippen LogP contribution in [0.2, 0.25) is 0 Å². The summed E-state index contributed by atoms with van der Waals surface area (Å²) < 4.78 is 25.8. The Bertz CT molecular complexity index is 1060. The molecule has 2 heterocycles. The van der Waals surface area contributed by atoms with E-state index in [2.05, 4.69) is 29.4 Å². The van der Waals surface area contributed by atoms with Crippen LogP contribution in [0.5, 0.6) is 0 Å². The smallest absolute Gasteiger partial charge is 0.235 e. The average molecular weight is 367 g/mol. The molecule has 0 unspecified atom stereocenters. The molecule has 3 aromatic rings. The molecule has 134 valence electrons. The van der Waals surface area contributed by atoms with E-state index < -0.39 is 10.0 Å². The standard InChI is InChI=1S/C20H21N3O2S/c1-15-5-2-8-18-19(9-10-21-20(15)18)22-14-16-6-3-7-17(13-16)23-11-4-12-26(23,24)25/h2-3,5-10,13H,4,11-12,14H2,1H3,(H,21,22). The van der Waals surface area contributed by atoms with E-state index in [4.69, 9.17) is 0 Å². The lowest BCUT2D eigenvalue weighted by Crippen LogP contribution is -2.25. The molecule has 1 aromatic heterocycles.